The monoisotopic (exact) mass is 427 g/mol. The summed E-state index contributed by atoms with van der Waals surface area (Å²) in [6.07, 6.45) is -0.115. The van der Waals surface area contributed by atoms with Gasteiger partial charge in [-0.1, -0.05) is 23.7 Å². The second-order valence-electron chi connectivity index (χ2n) is 7.50. The first-order chi connectivity index (χ1) is 14.4. The van der Waals surface area contributed by atoms with Crippen molar-refractivity contribution >= 4 is 28.5 Å². The summed E-state index contributed by atoms with van der Waals surface area (Å²) < 4.78 is 16.3. The van der Waals surface area contributed by atoms with Crippen molar-refractivity contribution < 1.29 is 18.7 Å². The van der Waals surface area contributed by atoms with Gasteiger partial charge in [0.25, 0.3) is 0 Å². The maximum absolute atomic E-state index is 12.5. The van der Waals surface area contributed by atoms with Crippen LogP contribution in [-0.4, -0.2) is 24.7 Å². The second-order valence-corrected chi connectivity index (χ2v) is 7.94. The molecule has 7 heteroatoms. The lowest BCUT2D eigenvalue weighted by Crippen LogP contribution is -2.32. The Hall–Kier alpha value is -2.83. The summed E-state index contributed by atoms with van der Waals surface area (Å²) in [5.74, 6) is 0.273. The number of carbonyl (C=O) groups excluding carboxylic acids is 1. The fourth-order valence-corrected chi connectivity index (χ4v) is 3.99. The van der Waals surface area contributed by atoms with E-state index in [0.29, 0.717) is 29.4 Å². The number of methoxy groups -OCH3 is 1. The molecule has 4 rings (SSSR count). The predicted molar refractivity (Wildman–Crippen MR) is 114 cm³/mol. The van der Waals surface area contributed by atoms with Gasteiger partial charge in [-0.2, -0.15) is 0 Å². The smallest absolute Gasteiger partial charge is 0.340 e. The van der Waals surface area contributed by atoms with Crippen molar-refractivity contribution in [1.29, 1.82) is 0 Å². The van der Waals surface area contributed by atoms with Crippen LogP contribution < -0.4 is 10.4 Å². The van der Waals surface area contributed by atoms with Gasteiger partial charge in [-0.05, 0) is 43.2 Å². The Balaban J connectivity index is 1.71. The molecule has 1 aromatic heterocycles. The zero-order chi connectivity index (χ0) is 21.4. The third kappa shape index (κ3) is 3.80. The van der Waals surface area contributed by atoms with Crippen molar-refractivity contribution in [2.75, 3.05) is 13.8 Å². The van der Waals surface area contributed by atoms with Gasteiger partial charge in [0.1, 0.15) is 18.1 Å². The van der Waals surface area contributed by atoms with Crippen molar-refractivity contribution in [3.05, 3.63) is 73.6 Å². The van der Waals surface area contributed by atoms with E-state index < -0.39 is 11.6 Å². The maximum Gasteiger partial charge on any atom is 0.340 e. The molecule has 0 bridgehead atoms. The van der Waals surface area contributed by atoms with E-state index in [-0.39, 0.29) is 6.42 Å². The topological polar surface area (TPSA) is 69.0 Å². The molecule has 0 saturated carbocycles. The van der Waals surface area contributed by atoms with E-state index in [2.05, 4.69) is 4.90 Å². The zero-order valence-electron chi connectivity index (χ0n) is 17.1. The lowest BCUT2D eigenvalue weighted by molar-refractivity contribution is -0.139. The van der Waals surface area contributed by atoms with Gasteiger partial charge in [-0.3, -0.25) is 9.69 Å². The van der Waals surface area contributed by atoms with Crippen LogP contribution in [0.1, 0.15) is 27.8 Å². The molecule has 2 heterocycles. The minimum atomic E-state index is -0.520. The van der Waals surface area contributed by atoms with Crippen molar-refractivity contribution in [2.45, 2.75) is 33.4 Å². The first-order valence-corrected chi connectivity index (χ1v) is 10.0. The molecule has 0 radical (unpaired) electrons. The number of nitrogens with zero attached hydrogens (tertiary/aromatic N) is 1. The highest BCUT2D eigenvalue weighted by Gasteiger charge is 2.24. The van der Waals surface area contributed by atoms with Crippen molar-refractivity contribution in [1.82, 2.24) is 4.90 Å². The van der Waals surface area contributed by atoms with Gasteiger partial charge in [-0.25, -0.2) is 4.79 Å². The van der Waals surface area contributed by atoms with Gasteiger partial charge in [-0.15, -0.1) is 0 Å². The Kier molecular flexibility index (Phi) is 5.54. The molecular weight excluding hydrogens is 406 g/mol. The van der Waals surface area contributed by atoms with E-state index in [9.17, 15) is 9.59 Å². The molecular formula is C23H22ClNO5. The molecule has 6 nitrogen and oxygen atoms in total. The third-order valence-corrected chi connectivity index (χ3v) is 5.74. The Labute approximate surface area is 179 Å². The highest BCUT2D eigenvalue weighted by molar-refractivity contribution is 6.30. The highest BCUT2D eigenvalue weighted by Crippen LogP contribution is 2.36. The van der Waals surface area contributed by atoms with E-state index in [1.807, 2.05) is 44.2 Å². The summed E-state index contributed by atoms with van der Waals surface area (Å²) in [4.78, 5) is 26.4. The standard InChI is InChI=1S/C23H22ClNO5/c1-13-18-8-16-11-25(10-15-4-6-17(24)7-5-15)12-29-21(16)14(2)22(18)30-23(27)19(13)9-20(26)28-3/h4-8H,9-12H2,1-3H3. The van der Waals surface area contributed by atoms with E-state index in [1.165, 1.54) is 7.11 Å². The van der Waals surface area contributed by atoms with Crippen LogP contribution in [0.5, 0.6) is 5.75 Å². The summed E-state index contributed by atoms with van der Waals surface area (Å²) >= 11 is 5.98. The molecule has 0 unspecified atom stereocenters. The summed E-state index contributed by atoms with van der Waals surface area (Å²) in [5.41, 5.74) is 3.98. The number of hydrogen-bond acceptors (Lipinski definition) is 6. The molecule has 1 aliphatic rings. The number of halogens is 1. The van der Waals surface area contributed by atoms with Gasteiger partial charge in [0.15, 0.2) is 0 Å². The second kappa shape index (κ2) is 8.13. The molecule has 156 valence electrons. The number of aryl methyl sites for hydroxylation is 2. The average Bonchev–Trinajstić information content (AvgIpc) is 2.73. The first-order valence-electron chi connectivity index (χ1n) is 9.62. The normalized spacial score (nSPS) is 13.7. The molecule has 0 spiro atoms. The van der Waals surface area contributed by atoms with E-state index in [1.54, 1.807) is 0 Å². The molecule has 0 atom stereocenters. The van der Waals surface area contributed by atoms with Crippen molar-refractivity contribution in [3.8, 4) is 5.75 Å². The molecule has 0 fully saturated rings. The average molecular weight is 428 g/mol. The third-order valence-electron chi connectivity index (χ3n) is 5.49. The number of ether oxygens (including phenoxy) is 2. The molecule has 1 aliphatic heterocycles. The quantitative estimate of drug-likeness (QED) is 0.460. The molecule has 2 aromatic carbocycles. The van der Waals surface area contributed by atoms with E-state index >= 15 is 0 Å². The van der Waals surface area contributed by atoms with Crippen LogP contribution in [0.25, 0.3) is 11.0 Å². The van der Waals surface area contributed by atoms with Gasteiger partial charge < -0.3 is 13.9 Å². The molecule has 0 saturated heterocycles. The highest BCUT2D eigenvalue weighted by atomic mass is 35.5. The fourth-order valence-electron chi connectivity index (χ4n) is 3.86. The number of fused-ring (bicyclic) bond motifs is 2. The summed E-state index contributed by atoms with van der Waals surface area (Å²) in [6.45, 7) is 5.58. The Morgan fingerprint density at radius 1 is 1.20 bits per heavy atom. The molecule has 30 heavy (non-hydrogen) atoms. The van der Waals surface area contributed by atoms with E-state index in [0.717, 1.165) is 39.9 Å². The number of benzene rings is 2. The molecule has 0 N–H and O–H groups in total. The lowest BCUT2D eigenvalue weighted by atomic mass is 9.97. The Morgan fingerprint density at radius 2 is 1.93 bits per heavy atom. The SMILES string of the molecule is COC(=O)Cc1c(C)c2cc3c(c(C)c2oc1=O)OCN(Cc1ccc(Cl)cc1)C3. The first kappa shape index (κ1) is 20.4. The van der Waals surface area contributed by atoms with Gasteiger partial charge in [0, 0.05) is 34.6 Å². The lowest BCUT2D eigenvalue weighted by Gasteiger charge is -2.30. The summed E-state index contributed by atoms with van der Waals surface area (Å²) in [5, 5.41) is 1.52. The number of hydrogen-bond donors (Lipinski definition) is 0. The van der Waals surface area contributed by atoms with Crippen LogP contribution >= 0.6 is 11.6 Å². The van der Waals surface area contributed by atoms with Crippen LogP contribution in [0.4, 0.5) is 0 Å². The number of carbonyl (C=O) groups is 1. The summed E-state index contributed by atoms with van der Waals surface area (Å²) in [6, 6.07) is 9.75. The maximum atomic E-state index is 12.5. The van der Waals surface area contributed by atoms with Crippen LogP contribution in [0.15, 0.2) is 39.5 Å². The molecule has 0 aliphatic carbocycles. The van der Waals surface area contributed by atoms with Crippen LogP contribution in [0, 0.1) is 13.8 Å². The number of rotatable bonds is 4. The number of esters is 1. The van der Waals surface area contributed by atoms with Gasteiger partial charge in [0.2, 0.25) is 0 Å². The molecule has 0 amide bonds. The van der Waals surface area contributed by atoms with Gasteiger partial charge in [0.05, 0.1) is 19.1 Å². The van der Waals surface area contributed by atoms with Crippen molar-refractivity contribution in [2.24, 2.45) is 0 Å². The molecule has 3 aromatic rings. The van der Waals surface area contributed by atoms with Crippen molar-refractivity contribution in [3.63, 3.8) is 0 Å². The minimum Gasteiger partial charge on any atom is -0.477 e. The minimum absolute atomic E-state index is 0.115. The largest absolute Gasteiger partial charge is 0.477 e. The van der Waals surface area contributed by atoms with Gasteiger partial charge >= 0.3 is 11.6 Å². The van der Waals surface area contributed by atoms with Crippen LogP contribution in [0.3, 0.4) is 0 Å². The summed E-state index contributed by atoms with van der Waals surface area (Å²) in [7, 11) is 1.30. The van der Waals surface area contributed by atoms with Crippen LogP contribution in [0.2, 0.25) is 5.02 Å². The zero-order valence-corrected chi connectivity index (χ0v) is 17.8. The fraction of sp³-hybridized carbons (Fsp3) is 0.304. The Bertz CT molecular complexity index is 1180. The Morgan fingerprint density at radius 3 is 2.63 bits per heavy atom. The predicted octanol–water partition coefficient (Wildman–Crippen LogP) is 4.13. The van der Waals surface area contributed by atoms with Crippen LogP contribution in [-0.2, 0) is 29.0 Å². The van der Waals surface area contributed by atoms with E-state index in [4.69, 9.17) is 25.5 Å².